The minimum atomic E-state index is -1.20. The summed E-state index contributed by atoms with van der Waals surface area (Å²) in [7, 11) is 1.05. The van der Waals surface area contributed by atoms with Gasteiger partial charge in [-0.25, -0.2) is 4.57 Å². The second-order valence-electron chi connectivity index (χ2n) is 8.82. The molecule has 142 valence electrons. The van der Waals surface area contributed by atoms with Crippen molar-refractivity contribution < 1.29 is 4.57 Å². The number of hydrogen-bond acceptors (Lipinski definition) is 1. The van der Waals surface area contributed by atoms with Gasteiger partial charge in [-0.05, 0) is 42.2 Å². The van der Waals surface area contributed by atoms with Crippen LogP contribution in [0, 0.1) is 6.92 Å². The van der Waals surface area contributed by atoms with Gasteiger partial charge in [0.2, 0.25) is 5.69 Å². The molecule has 0 bridgehead atoms. The van der Waals surface area contributed by atoms with Crippen LogP contribution in [0.1, 0.15) is 30.4 Å². The number of benzene rings is 1. The summed E-state index contributed by atoms with van der Waals surface area (Å²) in [6.07, 6.45) is 11.9. The van der Waals surface area contributed by atoms with E-state index in [4.69, 9.17) is 0 Å². The molecule has 1 fully saturated rings. The predicted molar refractivity (Wildman–Crippen MR) is 118 cm³/mol. The van der Waals surface area contributed by atoms with Crippen molar-refractivity contribution in [2.24, 2.45) is 7.05 Å². The highest BCUT2D eigenvalue weighted by Crippen LogP contribution is 2.38. The summed E-state index contributed by atoms with van der Waals surface area (Å²) < 4.78 is 2.41. The zero-order valence-corrected chi connectivity index (χ0v) is 18.0. The van der Waals surface area contributed by atoms with Crippen LogP contribution in [0.2, 0.25) is 18.1 Å². The van der Waals surface area contributed by atoms with Crippen LogP contribution in [-0.2, 0) is 13.5 Å². The van der Waals surface area contributed by atoms with Crippen LogP contribution >= 0.6 is 0 Å². The summed E-state index contributed by atoms with van der Waals surface area (Å²) in [4.78, 5) is 4.30. The zero-order valence-electron chi connectivity index (χ0n) is 17.0. The Labute approximate surface area is 169 Å². The molecule has 2 nitrogen and oxygen atoms in total. The smallest absolute Gasteiger partial charge is 0.212 e. The van der Waals surface area contributed by atoms with Gasteiger partial charge in [-0.15, -0.1) is 0 Å². The molecule has 28 heavy (non-hydrogen) atoms. The molecule has 0 atom stereocenters. The average Bonchev–Trinajstić information content (AvgIpc) is 3.19. The fraction of sp³-hybridized carbons (Fsp3) is 0.360. The molecule has 3 heteroatoms. The van der Waals surface area contributed by atoms with Crippen molar-refractivity contribution in [2.45, 2.75) is 50.7 Å². The lowest BCUT2D eigenvalue weighted by atomic mass is 9.97. The zero-order chi connectivity index (χ0) is 19.1. The lowest BCUT2D eigenvalue weighted by Crippen LogP contribution is -2.53. The first-order chi connectivity index (χ1) is 13.7. The molecule has 0 aliphatic carbocycles. The van der Waals surface area contributed by atoms with Crippen LogP contribution in [0.5, 0.6) is 0 Å². The number of fused-ring (bicyclic) bond motifs is 2. The Bertz CT molecular complexity index is 1020. The molecule has 0 N–H and O–H groups in total. The third kappa shape index (κ3) is 2.93. The number of pyridine rings is 2. The summed E-state index contributed by atoms with van der Waals surface area (Å²) >= 11 is 0. The lowest BCUT2D eigenvalue weighted by Gasteiger charge is -2.32. The number of hydrogen-bond donors (Lipinski definition) is 0. The molecule has 0 saturated carbocycles. The van der Waals surface area contributed by atoms with Crippen molar-refractivity contribution in [1.82, 2.24) is 4.98 Å². The highest BCUT2D eigenvalue weighted by atomic mass is 28.3. The van der Waals surface area contributed by atoms with Crippen LogP contribution < -0.4 is 9.75 Å². The van der Waals surface area contributed by atoms with Crippen LogP contribution in [0.25, 0.3) is 22.4 Å². The highest BCUT2D eigenvalue weighted by molar-refractivity contribution is 6.92. The van der Waals surface area contributed by atoms with Crippen molar-refractivity contribution in [3.63, 3.8) is 0 Å². The molecule has 2 aliphatic rings. The Morgan fingerprint density at radius 2 is 1.79 bits per heavy atom. The van der Waals surface area contributed by atoms with Crippen molar-refractivity contribution in [3.8, 4) is 22.4 Å². The third-order valence-electron chi connectivity index (χ3n) is 7.10. The summed E-state index contributed by atoms with van der Waals surface area (Å²) in [5.41, 5.74) is 8.12. The lowest BCUT2D eigenvalue weighted by molar-refractivity contribution is -0.659. The summed E-state index contributed by atoms with van der Waals surface area (Å²) in [6.45, 7) is 2.23. The number of rotatable bonds is 2. The fourth-order valence-electron chi connectivity index (χ4n) is 5.58. The molecule has 2 aromatic heterocycles. The first-order valence-electron chi connectivity index (χ1n) is 10.7. The van der Waals surface area contributed by atoms with Gasteiger partial charge in [-0.2, -0.15) is 0 Å². The minimum Gasteiger partial charge on any atom is -0.264 e. The fourth-order valence-corrected chi connectivity index (χ4v) is 11.2. The Balaban J connectivity index is 1.63. The molecule has 3 aromatic rings. The molecule has 2 aliphatic heterocycles. The molecule has 1 spiro atoms. The van der Waals surface area contributed by atoms with Gasteiger partial charge >= 0.3 is 0 Å². The first kappa shape index (κ1) is 17.8. The number of nitrogens with zero attached hydrogens (tertiary/aromatic N) is 2. The summed E-state index contributed by atoms with van der Waals surface area (Å²) in [5, 5.41) is 1.78. The van der Waals surface area contributed by atoms with Crippen molar-refractivity contribution >= 4 is 13.3 Å². The number of aryl methyl sites for hydroxylation is 3. The van der Waals surface area contributed by atoms with Gasteiger partial charge in [0.1, 0.15) is 7.05 Å². The van der Waals surface area contributed by atoms with Crippen LogP contribution in [0.3, 0.4) is 0 Å². The highest BCUT2D eigenvalue weighted by Gasteiger charge is 2.43. The molecule has 1 saturated heterocycles. The average molecular weight is 386 g/mol. The second-order valence-corrected chi connectivity index (χ2v) is 13.4. The minimum absolute atomic E-state index is 1.18. The van der Waals surface area contributed by atoms with Crippen LogP contribution in [0.15, 0.2) is 55.0 Å². The molecule has 4 heterocycles. The van der Waals surface area contributed by atoms with E-state index in [-0.39, 0.29) is 0 Å². The van der Waals surface area contributed by atoms with Gasteiger partial charge in [-0.1, -0.05) is 55.6 Å². The van der Waals surface area contributed by atoms with E-state index in [1.165, 1.54) is 71.8 Å². The predicted octanol–water partition coefficient (Wildman–Crippen LogP) is 4.94. The van der Waals surface area contributed by atoms with E-state index < -0.39 is 8.07 Å². The Kier molecular flexibility index (Phi) is 4.43. The summed E-state index contributed by atoms with van der Waals surface area (Å²) in [6, 6.07) is 18.1. The molecule has 0 unspecified atom stereocenters. The maximum Gasteiger partial charge on any atom is 0.212 e. The van der Waals surface area contributed by atoms with E-state index in [1.807, 2.05) is 18.5 Å². The monoisotopic (exact) mass is 385 g/mol. The number of aromatic nitrogens is 2. The SMILES string of the molecule is Cc1ccc(-c2cccnc2)cc1-c1cc2c(c[n+]1C)[Si]1(CCCC1)CCC2. The van der Waals surface area contributed by atoms with Crippen LogP contribution in [0.4, 0.5) is 0 Å². The normalized spacial score (nSPS) is 17.6. The largest absolute Gasteiger partial charge is 0.264 e. The topological polar surface area (TPSA) is 16.8 Å². The van der Waals surface area contributed by atoms with Gasteiger partial charge in [0, 0.05) is 34.8 Å². The molecule has 0 radical (unpaired) electrons. The summed E-state index contributed by atoms with van der Waals surface area (Å²) in [5.74, 6) is 0. The van der Waals surface area contributed by atoms with Crippen LogP contribution in [-0.4, -0.2) is 13.1 Å². The van der Waals surface area contributed by atoms with E-state index in [9.17, 15) is 0 Å². The van der Waals surface area contributed by atoms with Crippen molar-refractivity contribution in [3.05, 3.63) is 66.1 Å². The maximum atomic E-state index is 4.30. The van der Waals surface area contributed by atoms with Crippen molar-refractivity contribution in [1.29, 1.82) is 0 Å². The van der Waals surface area contributed by atoms with E-state index in [1.54, 1.807) is 10.8 Å². The third-order valence-corrected chi connectivity index (χ3v) is 12.6. The molecule has 5 rings (SSSR count). The molecule has 1 aromatic carbocycles. The van der Waals surface area contributed by atoms with E-state index in [2.05, 4.69) is 60.1 Å². The first-order valence-corrected chi connectivity index (χ1v) is 13.3. The quantitative estimate of drug-likeness (QED) is 0.451. The van der Waals surface area contributed by atoms with Gasteiger partial charge in [-0.3, -0.25) is 4.98 Å². The van der Waals surface area contributed by atoms with Gasteiger partial charge in [0.05, 0.1) is 8.07 Å². The van der Waals surface area contributed by atoms with E-state index >= 15 is 0 Å². The van der Waals surface area contributed by atoms with Gasteiger partial charge in [0.25, 0.3) is 0 Å². The van der Waals surface area contributed by atoms with Crippen molar-refractivity contribution in [2.75, 3.05) is 0 Å². The maximum absolute atomic E-state index is 4.30. The molecular formula is C25H29N2Si+. The Hall–Kier alpha value is -2.26. The van der Waals surface area contributed by atoms with E-state index in [0.29, 0.717) is 0 Å². The molecular weight excluding hydrogens is 356 g/mol. The van der Waals surface area contributed by atoms with Gasteiger partial charge < -0.3 is 0 Å². The standard InChI is InChI=1S/C25H29N2Si/c1-19-9-10-20(22-7-5-11-26-17-22)15-23(19)24-16-21-8-6-14-28(12-3-4-13-28)25(21)18-27(24)2/h5,7,9-11,15-18H,3-4,6,8,12-14H2,1-2H3/q+1. The Morgan fingerprint density at radius 1 is 0.964 bits per heavy atom. The molecule has 0 amide bonds. The van der Waals surface area contributed by atoms with E-state index in [0.717, 1.165) is 0 Å². The Morgan fingerprint density at radius 3 is 2.57 bits per heavy atom. The second kappa shape index (κ2) is 6.96. The van der Waals surface area contributed by atoms with Gasteiger partial charge in [0.15, 0.2) is 6.20 Å².